The van der Waals surface area contributed by atoms with Gasteiger partial charge in [-0.05, 0) is 19.8 Å². The number of nitrogens with two attached hydrogens (primary N) is 2. The molecule has 1 unspecified atom stereocenters. The largest absolute Gasteiger partial charge is 0.409 e. The van der Waals surface area contributed by atoms with Gasteiger partial charge in [0.15, 0.2) is 5.84 Å². The zero-order valence-corrected chi connectivity index (χ0v) is 9.77. The molecule has 7 nitrogen and oxygen atoms in total. The van der Waals surface area contributed by atoms with Crippen LogP contribution in [-0.2, 0) is 9.59 Å². The predicted octanol–water partition coefficient (Wildman–Crippen LogP) is -0.717. The number of carbonyl (C=O) groups is 2. The molecule has 1 fully saturated rings. The maximum atomic E-state index is 12.0. The molecule has 6 N–H and O–H groups in total. The maximum absolute atomic E-state index is 12.0. The molecule has 1 rings (SSSR count). The van der Waals surface area contributed by atoms with E-state index < -0.39 is 11.3 Å². The summed E-state index contributed by atoms with van der Waals surface area (Å²) in [5, 5.41) is 14.2. The number of primary amides is 1. The highest BCUT2D eigenvalue weighted by atomic mass is 16.4. The second kappa shape index (κ2) is 5.03. The van der Waals surface area contributed by atoms with Crippen LogP contribution in [0.4, 0.5) is 0 Å². The van der Waals surface area contributed by atoms with Gasteiger partial charge in [0.25, 0.3) is 0 Å². The Labute approximate surface area is 99.2 Å². The topological polar surface area (TPSA) is 131 Å². The first-order chi connectivity index (χ1) is 7.92. The van der Waals surface area contributed by atoms with Gasteiger partial charge in [0, 0.05) is 12.5 Å². The molecule has 0 bridgehead atoms. The van der Waals surface area contributed by atoms with E-state index in [0.29, 0.717) is 12.8 Å². The van der Waals surface area contributed by atoms with E-state index in [1.54, 1.807) is 6.92 Å². The minimum absolute atomic E-state index is 0.0675. The van der Waals surface area contributed by atoms with Crippen molar-refractivity contribution in [1.29, 1.82) is 0 Å². The number of carbonyl (C=O) groups excluding carboxylic acids is 2. The minimum Gasteiger partial charge on any atom is -0.409 e. The van der Waals surface area contributed by atoms with Crippen LogP contribution in [0.1, 0.15) is 32.6 Å². The summed E-state index contributed by atoms with van der Waals surface area (Å²) in [6, 6.07) is -0.357. The highest BCUT2D eigenvalue weighted by Crippen LogP contribution is 2.41. The third kappa shape index (κ3) is 2.66. The van der Waals surface area contributed by atoms with Crippen molar-refractivity contribution in [3.05, 3.63) is 0 Å². The molecule has 0 aromatic carbocycles. The summed E-state index contributed by atoms with van der Waals surface area (Å²) < 4.78 is 0. The van der Waals surface area contributed by atoms with Crippen molar-refractivity contribution in [2.45, 2.75) is 38.6 Å². The number of amides is 2. The molecule has 2 amide bonds. The molecule has 0 saturated heterocycles. The molecular weight excluding hydrogens is 224 g/mol. The molecule has 7 heteroatoms. The van der Waals surface area contributed by atoms with Gasteiger partial charge in [0.1, 0.15) is 5.41 Å². The molecule has 1 aliphatic carbocycles. The van der Waals surface area contributed by atoms with Crippen molar-refractivity contribution in [2.24, 2.45) is 22.0 Å². The van der Waals surface area contributed by atoms with Gasteiger partial charge in [-0.2, -0.15) is 0 Å². The van der Waals surface area contributed by atoms with E-state index in [1.165, 1.54) is 0 Å². The standard InChI is InChI=1S/C10H18N4O3/c1-6(5-7(11)15)13-9(16)10(3-2-4-10)8(12)14-17/h6,17H,2-5H2,1H3,(H2,11,15)(H2,12,14)(H,13,16). The van der Waals surface area contributed by atoms with Crippen molar-refractivity contribution >= 4 is 17.6 Å². The lowest BCUT2D eigenvalue weighted by molar-refractivity contribution is -0.131. The van der Waals surface area contributed by atoms with Gasteiger partial charge in [-0.1, -0.05) is 11.6 Å². The lowest BCUT2D eigenvalue weighted by atomic mass is 9.67. The van der Waals surface area contributed by atoms with Gasteiger partial charge in [-0.25, -0.2) is 0 Å². The van der Waals surface area contributed by atoms with Crippen LogP contribution in [0.2, 0.25) is 0 Å². The molecule has 0 aliphatic heterocycles. The van der Waals surface area contributed by atoms with E-state index in [2.05, 4.69) is 10.5 Å². The second-order valence-electron chi connectivity index (χ2n) is 4.47. The Hall–Kier alpha value is -1.79. The van der Waals surface area contributed by atoms with Gasteiger partial charge in [0.05, 0.1) is 0 Å². The Bertz CT molecular complexity index is 349. The van der Waals surface area contributed by atoms with Gasteiger partial charge >= 0.3 is 0 Å². The van der Waals surface area contributed by atoms with Crippen molar-refractivity contribution < 1.29 is 14.8 Å². The smallest absolute Gasteiger partial charge is 0.234 e. The monoisotopic (exact) mass is 242 g/mol. The van der Waals surface area contributed by atoms with Crippen LogP contribution in [0.25, 0.3) is 0 Å². The van der Waals surface area contributed by atoms with E-state index in [-0.39, 0.29) is 24.2 Å². The molecule has 0 spiro atoms. The van der Waals surface area contributed by atoms with Gasteiger partial charge in [-0.15, -0.1) is 0 Å². The Morgan fingerprint density at radius 1 is 1.47 bits per heavy atom. The van der Waals surface area contributed by atoms with Crippen LogP contribution in [0.5, 0.6) is 0 Å². The molecule has 0 aromatic rings. The van der Waals surface area contributed by atoms with Crippen LogP contribution in [0.15, 0.2) is 5.16 Å². The van der Waals surface area contributed by atoms with Crippen LogP contribution < -0.4 is 16.8 Å². The van der Waals surface area contributed by atoms with E-state index in [0.717, 1.165) is 6.42 Å². The lowest BCUT2D eigenvalue weighted by Crippen LogP contribution is -2.55. The van der Waals surface area contributed by atoms with Crippen molar-refractivity contribution in [3.8, 4) is 0 Å². The summed E-state index contributed by atoms with van der Waals surface area (Å²) in [4.78, 5) is 22.7. The fourth-order valence-corrected chi connectivity index (χ4v) is 1.94. The molecule has 17 heavy (non-hydrogen) atoms. The molecule has 1 atom stereocenters. The Balaban J connectivity index is 2.65. The first-order valence-corrected chi connectivity index (χ1v) is 5.49. The summed E-state index contributed by atoms with van der Waals surface area (Å²) in [6.07, 6.45) is 2.03. The Kier molecular flexibility index (Phi) is 3.93. The molecular formula is C10H18N4O3. The van der Waals surface area contributed by atoms with E-state index >= 15 is 0 Å². The average molecular weight is 242 g/mol. The molecule has 0 heterocycles. The van der Waals surface area contributed by atoms with Crippen LogP contribution in [0, 0.1) is 5.41 Å². The zero-order valence-electron chi connectivity index (χ0n) is 9.77. The van der Waals surface area contributed by atoms with Gasteiger partial charge < -0.3 is 22.0 Å². The normalized spacial score (nSPS) is 20.2. The minimum atomic E-state index is -0.916. The Morgan fingerprint density at radius 3 is 2.41 bits per heavy atom. The fourth-order valence-electron chi connectivity index (χ4n) is 1.94. The second-order valence-corrected chi connectivity index (χ2v) is 4.47. The van der Waals surface area contributed by atoms with Crippen LogP contribution >= 0.6 is 0 Å². The lowest BCUT2D eigenvalue weighted by Gasteiger charge is -2.39. The quantitative estimate of drug-likeness (QED) is 0.219. The highest BCUT2D eigenvalue weighted by molar-refractivity contribution is 6.07. The van der Waals surface area contributed by atoms with E-state index in [9.17, 15) is 9.59 Å². The summed E-state index contributed by atoms with van der Waals surface area (Å²) in [5.41, 5.74) is 9.65. The highest BCUT2D eigenvalue weighted by Gasteiger charge is 2.48. The molecule has 1 aliphatic rings. The van der Waals surface area contributed by atoms with Crippen molar-refractivity contribution in [1.82, 2.24) is 5.32 Å². The molecule has 1 saturated carbocycles. The van der Waals surface area contributed by atoms with Crippen LogP contribution in [0.3, 0.4) is 0 Å². The third-order valence-corrected chi connectivity index (χ3v) is 3.12. The van der Waals surface area contributed by atoms with E-state index in [1.807, 2.05) is 0 Å². The molecule has 96 valence electrons. The Morgan fingerprint density at radius 2 is 2.06 bits per heavy atom. The van der Waals surface area contributed by atoms with E-state index in [4.69, 9.17) is 16.7 Å². The SMILES string of the molecule is CC(CC(N)=O)NC(=O)C1(C(N)=NO)CCC1. The molecule has 0 aromatic heterocycles. The van der Waals surface area contributed by atoms with Gasteiger partial charge in [-0.3, -0.25) is 9.59 Å². The maximum Gasteiger partial charge on any atom is 0.234 e. The number of oxime groups is 1. The average Bonchev–Trinajstić information content (AvgIpc) is 2.13. The zero-order chi connectivity index (χ0) is 13.1. The first-order valence-electron chi connectivity index (χ1n) is 5.49. The van der Waals surface area contributed by atoms with Crippen molar-refractivity contribution in [2.75, 3.05) is 0 Å². The predicted molar refractivity (Wildman–Crippen MR) is 61.1 cm³/mol. The van der Waals surface area contributed by atoms with Crippen LogP contribution in [-0.4, -0.2) is 28.9 Å². The third-order valence-electron chi connectivity index (χ3n) is 3.12. The summed E-state index contributed by atoms with van der Waals surface area (Å²) in [7, 11) is 0. The number of rotatable bonds is 5. The summed E-state index contributed by atoms with van der Waals surface area (Å²) in [6.45, 7) is 1.68. The number of hydrogen-bond donors (Lipinski definition) is 4. The summed E-state index contributed by atoms with van der Waals surface area (Å²) in [5.74, 6) is -0.871. The summed E-state index contributed by atoms with van der Waals surface area (Å²) >= 11 is 0. The fraction of sp³-hybridized carbons (Fsp3) is 0.700. The van der Waals surface area contributed by atoms with Gasteiger partial charge in [0.2, 0.25) is 11.8 Å². The molecule has 0 radical (unpaired) electrons. The number of hydrogen-bond acceptors (Lipinski definition) is 4. The number of nitrogens with zero attached hydrogens (tertiary/aromatic N) is 1. The van der Waals surface area contributed by atoms with Crippen molar-refractivity contribution in [3.63, 3.8) is 0 Å². The first kappa shape index (κ1) is 13.3. The number of nitrogens with one attached hydrogen (secondary N) is 1. The number of amidine groups is 1.